The van der Waals surface area contributed by atoms with E-state index in [0.29, 0.717) is 36.9 Å². The van der Waals surface area contributed by atoms with E-state index in [1.165, 1.54) is 5.57 Å². The molecule has 13 heteroatoms. The first-order valence-electron chi connectivity index (χ1n) is 26.5. The van der Waals surface area contributed by atoms with Crippen molar-refractivity contribution >= 4 is 5.78 Å². The predicted octanol–water partition coefficient (Wildman–Crippen LogP) is 5.65. The van der Waals surface area contributed by atoms with E-state index in [1.54, 1.807) is 14.0 Å². The second kappa shape index (κ2) is 13.9. The molecule has 0 bridgehead atoms. The van der Waals surface area contributed by atoms with Crippen LogP contribution < -0.4 is 0 Å². The molecule has 1 aromatic heterocycles. The fourth-order valence-corrected chi connectivity index (χ4v) is 19.7. The number of fused-ring (bicyclic) bond motifs is 13. The summed E-state index contributed by atoms with van der Waals surface area (Å²) in [6, 6.07) is 0. The van der Waals surface area contributed by atoms with Gasteiger partial charge in [-0.15, -0.1) is 0 Å². The Kier molecular flexibility index (Phi) is 9.34. The average Bonchev–Trinajstić information content (AvgIpc) is 4.01. The van der Waals surface area contributed by atoms with Crippen molar-refractivity contribution in [3.63, 3.8) is 0 Å². The summed E-state index contributed by atoms with van der Waals surface area (Å²) < 4.78 is 33.0. The van der Waals surface area contributed by atoms with Crippen molar-refractivity contribution < 1.29 is 54.0 Å². The predicted molar refractivity (Wildman–Crippen MR) is 246 cm³/mol. The molecule has 372 valence electrons. The number of nitrogens with zero attached hydrogens (tertiary/aromatic N) is 2. The van der Waals surface area contributed by atoms with E-state index in [1.807, 2.05) is 27.7 Å². The summed E-state index contributed by atoms with van der Waals surface area (Å²) in [7, 11) is 1.80. The molecule has 13 rings (SSSR count). The number of aromatic nitrogens is 2. The largest absolute Gasteiger partial charge is 0.393 e. The number of ketones is 1. The molecule has 4 saturated heterocycles. The summed E-state index contributed by atoms with van der Waals surface area (Å²) in [5.74, 6) is -1.79. The van der Waals surface area contributed by atoms with Gasteiger partial charge in [-0.1, -0.05) is 57.9 Å². The average molecular weight is 941 g/mol. The Morgan fingerprint density at radius 1 is 0.794 bits per heavy atom. The number of rotatable bonds is 2. The maximum Gasteiger partial charge on any atom is 0.201 e. The second-order valence-corrected chi connectivity index (χ2v) is 26.3. The standard InChI is InChI=1S/C55H76N2O11/c1-26-32-14-15-33-30-12-10-28-16-37-39(21-49(28,6)34(30)18-41(60)52(32,33)25-65-54(26)42(61)22-47(3,4)67-54)56-38-17-29-11-13-31-35(50(29,7)46(64-9)45(38)57-37)19-40(59)51(8)36(31)20-44-53(51,63)27(2)55(66-44)43(62)23-48(5,24-58)68-55/h15,20,26-32,34-35,40,42-44,46,58-59,61-63H,10-14,16-19,21-25H2,1-9H3/t26-,27?,28-,29-,30-,31+,32?,34-,35-,40+,42+,43+,44-,46-,48-,49-,50-,51+,52+,53+,54+,55?/m0/s1. The van der Waals surface area contributed by atoms with E-state index in [9.17, 15) is 30.3 Å². The third-order valence-corrected chi connectivity index (χ3v) is 23.2. The maximum atomic E-state index is 15.0. The lowest BCUT2D eigenvalue weighted by Crippen LogP contribution is -2.65. The van der Waals surface area contributed by atoms with Gasteiger partial charge in [0.05, 0.1) is 58.7 Å². The van der Waals surface area contributed by atoms with E-state index < -0.39 is 69.5 Å². The number of ether oxygens (including phenoxy) is 5. The third-order valence-electron chi connectivity index (χ3n) is 23.2. The molecule has 5 heterocycles. The minimum Gasteiger partial charge on any atom is -0.393 e. The Morgan fingerprint density at radius 2 is 1.50 bits per heavy atom. The molecule has 3 spiro atoms. The molecule has 8 aliphatic carbocycles. The molecule has 4 aliphatic heterocycles. The number of aliphatic hydroxyl groups is 5. The van der Waals surface area contributed by atoms with Crippen molar-refractivity contribution in [1.82, 2.24) is 9.97 Å². The number of Topliss-reactive ketones (excluding diaryl/α,β-unsaturated/α-hetero) is 1. The van der Waals surface area contributed by atoms with Gasteiger partial charge >= 0.3 is 0 Å². The van der Waals surface area contributed by atoms with Crippen molar-refractivity contribution in [3.8, 4) is 0 Å². The van der Waals surface area contributed by atoms with Crippen LogP contribution in [0.15, 0.2) is 23.3 Å². The van der Waals surface area contributed by atoms with Crippen LogP contribution in [0.4, 0.5) is 0 Å². The number of hydrogen-bond acceptors (Lipinski definition) is 13. The monoisotopic (exact) mass is 941 g/mol. The molecule has 5 N–H and O–H groups in total. The van der Waals surface area contributed by atoms with Gasteiger partial charge in [0.2, 0.25) is 5.79 Å². The fourth-order valence-electron chi connectivity index (χ4n) is 19.7. The van der Waals surface area contributed by atoms with E-state index in [2.05, 4.69) is 32.9 Å². The molecule has 12 aliphatic rings. The molecule has 13 nitrogen and oxygen atoms in total. The summed E-state index contributed by atoms with van der Waals surface area (Å²) in [6.45, 7) is 16.6. The van der Waals surface area contributed by atoms with Crippen LogP contribution in [-0.4, -0.2) is 114 Å². The van der Waals surface area contributed by atoms with Crippen molar-refractivity contribution in [2.24, 2.45) is 74.9 Å². The van der Waals surface area contributed by atoms with E-state index in [4.69, 9.17) is 33.7 Å². The first-order valence-corrected chi connectivity index (χ1v) is 26.5. The fraction of sp³-hybridized carbons (Fsp3) is 0.836. The Hall–Kier alpha value is -2.17. The SMILES string of the molecule is CO[C@H]1c2nc3c(nc2C[C@@H]2CC[C@H]4C5=C[C@@H]6OC7(O[C@](C)(CO)C[C@H]7O)C(C)[C@]6(O)[C@@]5(C)[C@H](O)C[C@@H]4[C@]21C)C[C@@]1(C)[C@@H](CC[C@H]2C4=CCC5[C@H](C)[C@@]6(OC[C@]45C(=O)C[C@@H]21)OC(C)(C)C[C@H]6O)C3. The molecular formula is C55H76N2O11. The Balaban J connectivity index is 0.784. The summed E-state index contributed by atoms with van der Waals surface area (Å²) in [5.41, 5.74) is 1.23. The van der Waals surface area contributed by atoms with Gasteiger partial charge in [0.25, 0.3) is 0 Å². The summed E-state index contributed by atoms with van der Waals surface area (Å²) in [4.78, 5) is 26.2. The van der Waals surface area contributed by atoms with E-state index in [0.717, 1.165) is 79.7 Å². The molecular weight excluding hydrogens is 865 g/mol. The summed E-state index contributed by atoms with van der Waals surface area (Å²) >= 11 is 0. The highest BCUT2D eigenvalue weighted by Crippen LogP contribution is 2.73. The van der Waals surface area contributed by atoms with Gasteiger partial charge in [0.15, 0.2) is 5.79 Å². The lowest BCUT2D eigenvalue weighted by atomic mass is 9.43. The van der Waals surface area contributed by atoms with Crippen molar-refractivity contribution in [2.45, 2.75) is 191 Å². The zero-order valence-corrected chi connectivity index (χ0v) is 41.7. The number of carbonyl (C=O) groups excluding carboxylic acids is 1. The van der Waals surface area contributed by atoms with Crippen LogP contribution in [-0.2, 0) is 47.7 Å². The molecule has 4 saturated carbocycles. The van der Waals surface area contributed by atoms with Crippen LogP contribution in [0.2, 0.25) is 0 Å². The molecule has 8 fully saturated rings. The van der Waals surface area contributed by atoms with E-state index >= 15 is 0 Å². The highest BCUT2D eigenvalue weighted by Gasteiger charge is 2.79. The van der Waals surface area contributed by atoms with Crippen molar-refractivity contribution in [1.29, 1.82) is 0 Å². The Morgan fingerprint density at radius 3 is 2.19 bits per heavy atom. The van der Waals surface area contributed by atoms with Crippen LogP contribution in [0.25, 0.3) is 0 Å². The second-order valence-electron chi connectivity index (χ2n) is 26.3. The Labute approximate surface area is 401 Å². The Bertz CT molecular complexity index is 2440. The van der Waals surface area contributed by atoms with Gasteiger partial charge in [-0.25, -0.2) is 0 Å². The molecule has 68 heavy (non-hydrogen) atoms. The molecule has 3 unspecified atom stereocenters. The highest BCUT2D eigenvalue weighted by atomic mass is 16.7. The minimum atomic E-state index is -1.54. The number of carbonyl (C=O) groups is 1. The number of methoxy groups -OCH3 is 1. The lowest BCUT2D eigenvalue weighted by molar-refractivity contribution is -0.336. The van der Waals surface area contributed by atoms with Crippen LogP contribution in [0.5, 0.6) is 0 Å². The third kappa shape index (κ3) is 5.12. The maximum absolute atomic E-state index is 15.0. The molecule has 0 amide bonds. The van der Waals surface area contributed by atoms with Gasteiger partial charge in [-0.2, -0.15) is 0 Å². The summed E-state index contributed by atoms with van der Waals surface area (Å²) in [5, 5.41) is 58.6. The molecule has 22 atom stereocenters. The first kappa shape index (κ1) is 45.7. The van der Waals surface area contributed by atoms with Crippen LogP contribution in [0.1, 0.15) is 142 Å². The van der Waals surface area contributed by atoms with Gasteiger partial charge < -0.3 is 49.2 Å². The lowest BCUT2D eigenvalue weighted by Gasteiger charge is -2.63. The van der Waals surface area contributed by atoms with Crippen molar-refractivity contribution in [3.05, 3.63) is 46.1 Å². The zero-order chi connectivity index (χ0) is 47.9. The first-order chi connectivity index (χ1) is 32.0. The minimum absolute atomic E-state index is 0.0464. The quantitative estimate of drug-likeness (QED) is 0.229. The van der Waals surface area contributed by atoms with Gasteiger partial charge in [0.1, 0.15) is 35.8 Å². The number of aliphatic hydroxyl groups excluding tert-OH is 4. The van der Waals surface area contributed by atoms with Crippen LogP contribution in [0, 0.1) is 74.9 Å². The zero-order valence-electron chi connectivity index (χ0n) is 41.7. The molecule has 1 aromatic rings. The van der Waals surface area contributed by atoms with Crippen LogP contribution >= 0.6 is 0 Å². The molecule has 0 aromatic carbocycles. The molecule has 0 radical (unpaired) electrons. The summed E-state index contributed by atoms with van der Waals surface area (Å²) in [6.07, 6.45) is 9.53. The number of hydrogen-bond donors (Lipinski definition) is 5. The smallest absolute Gasteiger partial charge is 0.201 e. The van der Waals surface area contributed by atoms with Crippen LogP contribution in [0.3, 0.4) is 0 Å². The van der Waals surface area contributed by atoms with Crippen molar-refractivity contribution in [2.75, 3.05) is 20.3 Å². The van der Waals surface area contributed by atoms with Gasteiger partial charge in [-0.05, 0) is 125 Å². The highest BCUT2D eigenvalue weighted by molar-refractivity contribution is 5.91. The van der Waals surface area contributed by atoms with Gasteiger partial charge in [0, 0.05) is 49.0 Å². The van der Waals surface area contributed by atoms with Gasteiger partial charge in [-0.3, -0.25) is 14.8 Å². The normalized spacial score (nSPS) is 56.6. The number of allylic oxidation sites excluding steroid dienone is 1. The topological polar surface area (TPSA) is 190 Å². The van der Waals surface area contributed by atoms with E-state index in [-0.39, 0.29) is 72.1 Å².